The second-order valence-corrected chi connectivity index (χ2v) is 8.24. The number of pyridine rings is 1. The molecule has 0 radical (unpaired) electrons. The lowest BCUT2D eigenvalue weighted by atomic mass is 10.1. The van der Waals surface area contributed by atoms with Crippen LogP contribution in [0.5, 0.6) is 0 Å². The maximum absolute atomic E-state index is 12.7. The summed E-state index contributed by atoms with van der Waals surface area (Å²) < 4.78 is 5.58. The van der Waals surface area contributed by atoms with Gasteiger partial charge in [-0.25, -0.2) is 4.98 Å². The van der Waals surface area contributed by atoms with Gasteiger partial charge in [0.15, 0.2) is 0 Å². The summed E-state index contributed by atoms with van der Waals surface area (Å²) in [5.74, 6) is 0.383. The van der Waals surface area contributed by atoms with Crippen LogP contribution in [0, 0.1) is 6.92 Å². The summed E-state index contributed by atoms with van der Waals surface area (Å²) >= 11 is 0. The normalized spacial score (nSPS) is 18.7. The molecule has 30 heavy (non-hydrogen) atoms. The molecule has 0 bridgehead atoms. The van der Waals surface area contributed by atoms with Gasteiger partial charge in [-0.2, -0.15) is 0 Å². The first-order valence-corrected chi connectivity index (χ1v) is 11.0. The molecule has 1 saturated heterocycles. The number of nitrogens with one attached hydrogen (secondary N) is 3. The van der Waals surface area contributed by atoms with E-state index in [0.717, 1.165) is 61.9 Å². The van der Waals surface area contributed by atoms with Crippen molar-refractivity contribution in [1.29, 1.82) is 0 Å². The zero-order chi connectivity index (χ0) is 21.5. The number of benzene rings is 1. The van der Waals surface area contributed by atoms with E-state index >= 15 is 0 Å². The molecule has 164 valence electrons. The van der Waals surface area contributed by atoms with E-state index in [-0.39, 0.29) is 5.91 Å². The summed E-state index contributed by atoms with van der Waals surface area (Å²) in [7, 11) is 0. The van der Waals surface area contributed by atoms with E-state index in [0.29, 0.717) is 23.5 Å². The zero-order valence-corrected chi connectivity index (χ0v) is 18.3. The Labute approximate surface area is 179 Å². The van der Waals surface area contributed by atoms with Crippen molar-refractivity contribution in [2.45, 2.75) is 64.7 Å². The van der Waals surface area contributed by atoms with Gasteiger partial charge in [0.25, 0.3) is 5.91 Å². The van der Waals surface area contributed by atoms with Gasteiger partial charge in [-0.15, -0.1) is 0 Å². The molecule has 1 aromatic heterocycles. The molecule has 1 amide bonds. The van der Waals surface area contributed by atoms with E-state index < -0.39 is 6.17 Å². The van der Waals surface area contributed by atoms with Crippen molar-refractivity contribution in [2.75, 3.05) is 25.1 Å². The summed E-state index contributed by atoms with van der Waals surface area (Å²) in [6, 6.07) is 8.78. The summed E-state index contributed by atoms with van der Waals surface area (Å²) in [6.07, 6.45) is 3.84. The van der Waals surface area contributed by atoms with Crippen LogP contribution < -0.4 is 21.7 Å². The van der Waals surface area contributed by atoms with Gasteiger partial charge in [0.05, 0.1) is 23.9 Å². The molecule has 0 aliphatic carbocycles. The standard InChI is InChI=1S/C23H35N5O2/c1-4-18(27-19-6-5-11-30-14-19)9-10-25-22-20(23(29)26-16(3)24)13-17-12-15(2)7-8-21(17)28-22/h7-8,12-13,16,18-19,27H,4-6,9-11,14,24H2,1-3H3,(H,25,28)(H,26,29). The van der Waals surface area contributed by atoms with Crippen molar-refractivity contribution >= 4 is 22.6 Å². The number of nitrogens with two attached hydrogens (primary N) is 1. The fourth-order valence-corrected chi connectivity index (χ4v) is 3.86. The van der Waals surface area contributed by atoms with E-state index in [1.165, 1.54) is 0 Å². The van der Waals surface area contributed by atoms with Crippen molar-refractivity contribution in [3.63, 3.8) is 0 Å². The van der Waals surface area contributed by atoms with E-state index in [1.807, 2.05) is 31.2 Å². The van der Waals surface area contributed by atoms with Gasteiger partial charge in [0, 0.05) is 30.6 Å². The van der Waals surface area contributed by atoms with E-state index in [1.54, 1.807) is 6.92 Å². The highest BCUT2D eigenvalue weighted by atomic mass is 16.5. The number of carbonyl (C=O) groups is 1. The summed E-state index contributed by atoms with van der Waals surface area (Å²) in [4.78, 5) is 17.5. The van der Waals surface area contributed by atoms with Crippen molar-refractivity contribution in [2.24, 2.45) is 5.73 Å². The molecule has 3 unspecified atom stereocenters. The lowest BCUT2D eigenvalue weighted by molar-refractivity contribution is 0.0658. The number of anilines is 1. The van der Waals surface area contributed by atoms with Gasteiger partial charge in [0.2, 0.25) is 0 Å². The number of carbonyl (C=O) groups excluding carboxylic acids is 1. The molecule has 7 nitrogen and oxygen atoms in total. The van der Waals surface area contributed by atoms with Gasteiger partial charge < -0.3 is 26.4 Å². The maximum Gasteiger partial charge on any atom is 0.256 e. The van der Waals surface area contributed by atoms with Crippen LogP contribution >= 0.6 is 0 Å². The van der Waals surface area contributed by atoms with E-state index in [9.17, 15) is 4.79 Å². The molecule has 1 aliphatic heterocycles. The number of hydrogen-bond donors (Lipinski definition) is 4. The van der Waals surface area contributed by atoms with E-state index in [2.05, 4.69) is 22.9 Å². The summed E-state index contributed by atoms with van der Waals surface area (Å²) in [5, 5.41) is 10.8. The Morgan fingerprint density at radius 3 is 2.90 bits per heavy atom. The van der Waals surface area contributed by atoms with Crippen LogP contribution in [0.2, 0.25) is 0 Å². The van der Waals surface area contributed by atoms with Gasteiger partial charge in [0.1, 0.15) is 5.82 Å². The Kier molecular flexibility index (Phi) is 8.01. The highest BCUT2D eigenvalue weighted by Crippen LogP contribution is 2.22. The largest absolute Gasteiger partial charge is 0.380 e. The first-order chi connectivity index (χ1) is 14.5. The first kappa shape index (κ1) is 22.5. The van der Waals surface area contributed by atoms with Gasteiger partial charge in [-0.3, -0.25) is 4.79 Å². The molecule has 1 aromatic carbocycles. The predicted molar refractivity (Wildman–Crippen MR) is 122 cm³/mol. The number of amides is 1. The lowest BCUT2D eigenvalue weighted by Crippen LogP contribution is -2.43. The van der Waals surface area contributed by atoms with Crippen LogP contribution in [-0.4, -0.2) is 48.9 Å². The smallest absolute Gasteiger partial charge is 0.256 e. The fourth-order valence-electron chi connectivity index (χ4n) is 3.86. The third-order valence-corrected chi connectivity index (χ3v) is 5.48. The molecule has 7 heteroatoms. The van der Waals surface area contributed by atoms with Crippen LogP contribution in [0.4, 0.5) is 5.82 Å². The molecule has 5 N–H and O–H groups in total. The van der Waals surface area contributed by atoms with Crippen LogP contribution in [-0.2, 0) is 4.74 Å². The van der Waals surface area contributed by atoms with Crippen molar-refractivity contribution in [3.8, 4) is 0 Å². The minimum atomic E-state index is -0.426. The molecule has 1 aliphatic rings. The Morgan fingerprint density at radius 1 is 1.37 bits per heavy atom. The van der Waals surface area contributed by atoms with Gasteiger partial charge in [-0.05, 0) is 57.7 Å². The second kappa shape index (κ2) is 10.7. The molecular formula is C23H35N5O2. The zero-order valence-electron chi connectivity index (χ0n) is 18.3. The average molecular weight is 414 g/mol. The third-order valence-electron chi connectivity index (χ3n) is 5.48. The summed E-state index contributed by atoms with van der Waals surface area (Å²) in [6.45, 7) is 8.35. The highest BCUT2D eigenvalue weighted by Gasteiger charge is 2.19. The number of ether oxygens (including phenoxy) is 1. The van der Waals surface area contributed by atoms with Gasteiger partial charge >= 0.3 is 0 Å². The molecule has 3 rings (SSSR count). The molecule has 1 fully saturated rings. The highest BCUT2D eigenvalue weighted by molar-refractivity contribution is 6.02. The molecule has 0 saturated carbocycles. The van der Waals surface area contributed by atoms with Crippen molar-refractivity contribution < 1.29 is 9.53 Å². The van der Waals surface area contributed by atoms with E-state index in [4.69, 9.17) is 15.5 Å². The lowest BCUT2D eigenvalue weighted by Gasteiger charge is -2.28. The Hall–Kier alpha value is -2.22. The molecule has 3 atom stereocenters. The van der Waals surface area contributed by atoms with Gasteiger partial charge in [-0.1, -0.05) is 18.6 Å². The molecule has 0 spiro atoms. The Bertz CT molecular complexity index is 849. The number of aryl methyl sites for hydroxylation is 1. The minimum Gasteiger partial charge on any atom is -0.380 e. The van der Waals surface area contributed by atoms with Crippen LogP contribution in [0.25, 0.3) is 10.9 Å². The van der Waals surface area contributed by atoms with Crippen molar-refractivity contribution in [3.05, 3.63) is 35.4 Å². The maximum atomic E-state index is 12.7. The average Bonchev–Trinajstić information content (AvgIpc) is 2.72. The number of rotatable bonds is 9. The van der Waals surface area contributed by atoms with Crippen LogP contribution in [0.1, 0.15) is 55.5 Å². The van der Waals surface area contributed by atoms with Crippen LogP contribution in [0.15, 0.2) is 24.3 Å². The fraction of sp³-hybridized carbons (Fsp3) is 0.565. The third kappa shape index (κ3) is 6.14. The number of aromatic nitrogens is 1. The molecular weight excluding hydrogens is 378 g/mol. The number of fused-ring (bicyclic) bond motifs is 1. The quantitative estimate of drug-likeness (QED) is 0.472. The Balaban J connectivity index is 1.71. The summed E-state index contributed by atoms with van der Waals surface area (Å²) in [5.41, 5.74) is 8.29. The van der Waals surface area contributed by atoms with Crippen molar-refractivity contribution in [1.82, 2.24) is 15.6 Å². The van der Waals surface area contributed by atoms with Crippen LogP contribution in [0.3, 0.4) is 0 Å². The Morgan fingerprint density at radius 2 is 2.20 bits per heavy atom. The minimum absolute atomic E-state index is 0.215. The topological polar surface area (TPSA) is 101 Å². The second-order valence-electron chi connectivity index (χ2n) is 8.24. The first-order valence-electron chi connectivity index (χ1n) is 11.0. The molecule has 2 aromatic rings. The number of nitrogens with zero attached hydrogens (tertiary/aromatic N) is 1. The number of hydrogen-bond acceptors (Lipinski definition) is 6. The monoisotopic (exact) mass is 413 g/mol. The molecule has 2 heterocycles. The SMILES string of the molecule is CCC(CCNc1nc2ccc(C)cc2cc1C(=O)NC(C)N)NC1CCCOC1. The predicted octanol–water partition coefficient (Wildman–Crippen LogP) is 2.93.